The lowest BCUT2D eigenvalue weighted by Crippen LogP contribution is -2.39. The van der Waals surface area contributed by atoms with E-state index < -0.39 is 23.3 Å². The lowest BCUT2D eigenvalue weighted by atomic mass is 9.70. The first-order chi connectivity index (χ1) is 11.8. The average molecular weight is 408 g/mol. The van der Waals surface area contributed by atoms with Gasteiger partial charge in [0, 0.05) is 15.5 Å². The van der Waals surface area contributed by atoms with E-state index in [1.54, 1.807) is 0 Å². The summed E-state index contributed by atoms with van der Waals surface area (Å²) in [5.41, 5.74) is 1.16. The molecule has 25 heavy (non-hydrogen) atoms. The van der Waals surface area contributed by atoms with E-state index in [0.29, 0.717) is 11.3 Å². The summed E-state index contributed by atoms with van der Waals surface area (Å²) in [6.07, 6.45) is -0.952. The van der Waals surface area contributed by atoms with E-state index in [1.165, 1.54) is 13.2 Å². The molecule has 0 fully saturated rings. The van der Waals surface area contributed by atoms with Gasteiger partial charge in [0.05, 0.1) is 30.5 Å². The number of anilines is 1. The molecule has 0 saturated carbocycles. The number of aliphatic hydroxyl groups is 1. The van der Waals surface area contributed by atoms with Crippen LogP contribution >= 0.6 is 15.9 Å². The summed E-state index contributed by atoms with van der Waals surface area (Å²) in [4.78, 5) is 12.1. The summed E-state index contributed by atoms with van der Waals surface area (Å²) < 4.78 is 19.7. The Balaban J connectivity index is 2.19. The summed E-state index contributed by atoms with van der Waals surface area (Å²) in [7, 11) is 1.24. The Morgan fingerprint density at radius 2 is 2.04 bits per heavy atom. The molecule has 2 aromatic rings. The number of esters is 1. The predicted octanol–water partition coefficient (Wildman–Crippen LogP) is 4.60. The van der Waals surface area contributed by atoms with Gasteiger partial charge in [-0.25, -0.2) is 9.18 Å². The molecule has 0 saturated heterocycles. The fourth-order valence-corrected chi connectivity index (χ4v) is 3.78. The molecule has 132 valence electrons. The Morgan fingerprint density at radius 3 is 2.68 bits per heavy atom. The first kappa shape index (κ1) is 17.9. The number of carbonyl (C=O) groups excluding carboxylic acids is 1. The Kier molecular flexibility index (Phi) is 4.60. The maximum Gasteiger partial charge on any atom is 0.340 e. The third kappa shape index (κ3) is 3.04. The van der Waals surface area contributed by atoms with E-state index in [4.69, 9.17) is 4.74 Å². The Bertz CT molecular complexity index is 837. The van der Waals surface area contributed by atoms with E-state index in [2.05, 4.69) is 21.2 Å². The molecule has 1 aliphatic rings. The number of hydrogen-bond acceptors (Lipinski definition) is 4. The zero-order chi connectivity index (χ0) is 18.4. The van der Waals surface area contributed by atoms with Gasteiger partial charge in [0.2, 0.25) is 0 Å². The van der Waals surface area contributed by atoms with Crippen LogP contribution in [0.3, 0.4) is 0 Å². The average Bonchev–Trinajstić information content (AvgIpc) is 2.57. The number of aliphatic hydroxyl groups excluding tert-OH is 1. The van der Waals surface area contributed by atoms with Crippen molar-refractivity contribution in [3.8, 4) is 0 Å². The Morgan fingerprint density at radius 1 is 1.32 bits per heavy atom. The first-order valence-corrected chi connectivity index (χ1v) is 8.67. The fourth-order valence-electron chi connectivity index (χ4n) is 3.36. The summed E-state index contributed by atoms with van der Waals surface area (Å²) in [5.74, 6) is -1.24. The van der Waals surface area contributed by atoms with Crippen molar-refractivity contribution in [2.45, 2.75) is 26.0 Å². The second-order valence-corrected chi connectivity index (χ2v) is 7.68. The summed E-state index contributed by atoms with van der Waals surface area (Å²) in [6.45, 7) is 3.81. The lowest BCUT2D eigenvalue weighted by Gasteiger charge is -2.45. The minimum absolute atomic E-state index is 0.0760. The minimum Gasteiger partial charge on any atom is -0.465 e. The predicted molar refractivity (Wildman–Crippen MR) is 97.0 cm³/mol. The van der Waals surface area contributed by atoms with Gasteiger partial charge in [0.15, 0.2) is 0 Å². The van der Waals surface area contributed by atoms with Crippen LogP contribution in [0.4, 0.5) is 10.1 Å². The quantitative estimate of drug-likeness (QED) is 0.714. The van der Waals surface area contributed by atoms with Crippen molar-refractivity contribution >= 4 is 27.6 Å². The van der Waals surface area contributed by atoms with Gasteiger partial charge in [0.1, 0.15) is 5.82 Å². The van der Waals surface area contributed by atoms with Crippen LogP contribution in [0.2, 0.25) is 0 Å². The van der Waals surface area contributed by atoms with Crippen LogP contribution in [0, 0.1) is 11.2 Å². The second-order valence-electron chi connectivity index (χ2n) is 6.77. The number of hydrogen-bond donors (Lipinski definition) is 2. The summed E-state index contributed by atoms with van der Waals surface area (Å²) in [6, 6.07) is 9.84. The van der Waals surface area contributed by atoms with Crippen LogP contribution in [0.5, 0.6) is 0 Å². The van der Waals surface area contributed by atoms with Crippen LogP contribution in [-0.4, -0.2) is 18.2 Å². The highest BCUT2D eigenvalue weighted by Gasteiger charge is 2.44. The maximum absolute atomic E-state index is 14.0. The maximum atomic E-state index is 14.0. The van der Waals surface area contributed by atoms with Gasteiger partial charge < -0.3 is 15.2 Å². The van der Waals surface area contributed by atoms with Crippen LogP contribution < -0.4 is 5.32 Å². The van der Waals surface area contributed by atoms with Crippen molar-refractivity contribution in [3.63, 3.8) is 0 Å². The molecule has 0 aliphatic carbocycles. The van der Waals surface area contributed by atoms with E-state index >= 15 is 0 Å². The molecule has 3 rings (SSSR count). The van der Waals surface area contributed by atoms with Crippen molar-refractivity contribution in [3.05, 3.63) is 63.4 Å². The molecule has 1 aliphatic heterocycles. The van der Waals surface area contributed by atoms with Gasteiger partial charge in [0.25, 0.3) is 0 Å². The van der Waals surface area contributed by atoms with Gasteiger partial charge in [-0.3, -0.25) is 0 Å². The number of ether oxygens (including phenoxy) is 1. The number of rotatable bonds is 2. The molecule has 4 nitrogen and oxygen atoms in total. The molecule has 0 spiro atoms. The van der Waals surface area contributed by atoms with Crippen molar-refractivity contribution in [2.75, 3.05) is 12.4 Å². The monoisotopic (exact) mass is 407 g/mol. The van der Waals surface area contributed by atoms with Crippen molar-refractivity contribution < 1.29 is 19.0 Å². The minimum atomic E-state index is -0.952. The molecule has 0 radical (unpaired) electrons. The van der Waals surface area contributed by atoms with Crippen LogP contribution in [-0.2, 0) is 4.74 Å². The standard InChI is InChI=1S/C19H19BrFNO3/c1-19(2)16(10-5-4-6-11(20)7-10)22-15-13(17(19)23)8-12(21)9-14(15)18(24)25-3/h4-9,16-17,22-23H,1-3H3. The third-order valence-electron chi connectivity index (χ3n) is 4.75. The SMILES string of the molecule is COC(=O)c1cc(F)cc2c1NC(c1cccc(Br)c1)C(C)(C)C2O. The van der Waals surface area contributed by atoms with Crippen molar-refractivity contribution in [2.24, 2.45) is 5.41 Å². The smallest absolute Gasteiger partial charge is 0.340 e. The highest BCUT2D eigenvalue weighted by Crippen LogP contribution is 2.52. The van der Waals surface area contributed by atoms with Crippen LogP contribution in [0.1, 0.15) is 47.5 Å². The molecule has 0 bridgehead atoms. The van der Waals surface area contributed by atoms with Gasteiger partial charge in [-0.05, 0) is 29.8 Å². The number of nitrogens with one attached hydrogen (secondary N) is 1. The molecule has 0 aromatic heterocycles. The summed E-state index contributed by atoms with van der Waals surface area (Å²) in [5, 5.41) is 14.2. The largest absolute Gasteiger partial charge is 0.465 e. The molecule has 2 unspecified atom stereocenters. The van der Waals surface area contributed by atoms with E-state index in [1.807, 2.05) is 38.1 Å². The number of benzene rings is 2. The number of methoxy groups -OCH3 is 1. The van der Waals surface area contributed by atoms with Crippen molar-refractivity contribution in [1.82, 2.24) is 0 Å². The normalized spacial score (nSPS) is 21.2. The molecular weight excluding hydrogens is 389 g/mol. The number of fused-ring (bicyclic) bond motifs is 1. The van der Waals surface area contributed by atoms with Gasteiger partial charge >= 0.3 is 5.97 Å². The Labute approximate surface area is 154 Å². The highest BCUT2D eigenvalue weighted by molar-refractivity contribution is 9.10. The van der Waals surface area contributed by atoms with E-state index in [9.17, 15) is 14.3 Å². The zero-order valence-corrected chi connectivity index (χ0v) is 15.7. The van der Waals surface area contributed by atoms with Crippen LogP contribution in [0.15, 0.2) is 40.9 Å². The molecule has 2 aromatic carbocycles. The Hall–Kier alpha value is -1.92. The number of halogens is 2. The van der Waals surface area contributed by atoms with E-state index in [-0.39, 0.29) is 11.6 Å². The number of carbonyl (C=O) groups is 1. The second kappa shape index (κ2) is 6.42. The molecule has 0 amide bonds. The topological polar surface area (TPSA) is 58.6 Å². The fraction of sp³-hybridized carbons (Fsp3) is 0.316. The van der Waals surface area contributed by atoms with Crippen LogP contribution in [0.25, 0.3) is 0 Å². The molecule has 2 N–H and O–H groups in total. The lowest BCUT2D eigenvalue weighted by molar-refractivity contribution is 0.0283. The highest BCUT2D eigenvalue weighted by atomic mass is 79.9. The van der Waals surface area contributed by atoms with Gasteiger partial charge in [-0.15, -0.1) is 0 Å². The molecule has 2 atom stereocenters. The third-order valence-corrected chi connectivity index (χ3v) is 5.25. The zero-order valence-electron chi connectivity index (χ0n) is 14.1. The van der Waals surface area contributed by atoms with E-state index in [0.717, 1.165) is 16.1 Å². The molecular formula is C19H19BrFNO3. The van der Waals surface area contributed by atoms with Gasteiger partial charge in [-0.1, -0.05) is 41.9 Å². The van der Waals surface area contributed by atoms with Gasteiger partial charge in [-0.2, -0.15) is 0 Å². The first-order valence-electron chi connectivity index (χ1n) is 7.87. The molecule has 6 heteroatoms. The molecule has 1 heterocycles. The summed E-state index contributed by atoms with van der Waals surface area (Å²) >= 11 is 3.46. The van der Waals surface area contributed by atoms with Crippen molar-refractivity contribution in [1.29, 1.82) is 0 Å².